The molecule has 2 aromatic rings. The van der Waals surface area contributed by atoms with Crippen LogP contribution in [0.3, 0.4) is 0 Å². The van der Waals surface area contributed by atoms with Crippen LogP contribution < -0.4 is 5.32 Å². The number of nitrogens with one attached hydrogen (secondary N) is 1. The molecule has 0 amide bonds. The molecule has 4 nitrogen and oxygen atoms in total. The maximum Gasteiger partial charge on any atom is 0.290 e. The van der Waals surface area contributed by atoms with E-state index in [1.165, 1.54) is 9.71 Å². The molecule has 1 atom stereocenters. The number of thiazole rings is 1. The Kier molecular flexibility index (Phi) is 9.61. The molecule has 0 saturated carbocycles. The van der Waals surface area contributed by atoms with Gasteiger partial charge in [0.05, 0.1) is 16.3 Å². The van der Waals surface area contributed by atoms with E-state index in [1.807, 2.05) is 19.9 Å². The van der Waals surface area contributed by atoms with Gasteiger partial charge in [0.25, 0.3) is 6.47 Å². The van der Waals surface area contributed by atoms with Gasteiger partial charge in [0.2, 0.25) is 0 Å². The van der Waals surface area contributed by atoms with E-state index in [4.69, 9.17) is 14.9 Å². The highest BCUT2D eigenvalue weighted by Crippen LogP contribution is 2.28. The second-order valence-corrected chi connectivity index (χ2v) is 6.54. The van der Waals surface area contributed by atoms with Gasteiger partial charge < -0.3 is 10.4 Å². The van der Waals surface area contributed by atoms with Gasteiger partial charge in [-0.05, 0) is 39.3 Å². The Labute approximate surface area is 137 Å². The fraction of sp³-hybridized carbons (Fsp3) is 0.529. The summed E-state index contributed by atoms with van der Waals surface area (Å²) in [6, 6.07) is 8.69. The molecule has 2 rings (SSSR count). The lowest BCUT2D eigenvalue weighted by Gasteiger charge is -2.26. The first-order valence-electron chi connectivity index (χ1n) is 7.62. The number of fused-ring (bicyclic) bond motifs is 1. The van der Waals surface area contributed by atoms with E-state index in [9.17, 15) is 0 Å². The Balaban J connectivity index is 0.000000789. The summed E-state index contributed by atoms with van der Waals surface area (Å²) in [7, 11) is 0. The second-order valence-electron chi connectivity index (χ2n) is 5.48. The SMILES string of the molecule is CC.CCC(NC(C)(C)C)c1nc2ccccc2s1.O=CO. The van der Waals surface area contributed by atoms with Gasteiger partial charge in [-0.3, -0.25) is 4.79 Å². The van der Waals surface area contributed by atoms with Crippen LogP contribution >= 0.6 is 11.3 Å². The minimum atomic E-state index is -0.250. The van der Waals surface area contributed by atoms with E-state index < -0.39 is 0 Å². The third-order valence-corrected chi connectivity index (χ3v) is 3.77. The largest absolute Gasteiger partial charge is 0.483 e. The van der Waals surface area contributed by atoms with Crippen LogP contribution in [-0.2, 0) is 4.79 Å². The molecular weight excluding hydrogens is 296 g/mol. The van der Waals surface area contributed by atoms with Crippen molar-refractivity contribution in [1.29, 1.82) is 0 Å². The molecule has 0 saturated heterocycles. The molecule has 2 N–H and O–H groups in total. The quantitative estimate of drug-likeness (QED) is 0.791. The lowest BCUT2D eigenvalue weighted by atomic mass is 10.1. The van der Waals surface area contributed by atoms with Gasteiger partial charge in [-0.25, -0.2) is 4.98 Å². The summed E-state index contributed by atoms with van der Waals surface area (Å²) in [5.41, 5.74) is 1.24. The van der Waals surface area contributed by atoms with E-state index in [2.05, 4.69) is 51.2 Å². The summed E-state index contributed by atoms with van der Waals surface area (Å²) < 4.78 is 1.27. The molecule has 0 radical (unpaired) electrons. The number of carboxylic acid groups (broad SMARTS) is 1. The average molecular weight is 324 g/mol. The van der Waals surface area contributed by atoms with Crippen molar-refractivity contribution in [2.75, 3.05) is 0 Å². The number of benzene rings is 1. The number of hydrogen-bond acceptors (Lipinski definition) is 4. The van der Waals surface area contributed by atoms with Crippen LogP contribution in [0.25, 0.3) is 10.2 Å². The molecular formula is C17H28N2O2S. The first-order chi connectivity index (χ1) is 10.4. The summed E-state index contributed by atoms with van der Waals surface area (Å²) in [6.45, 7) is 12.5. The van der Waals surface area contributed by atoms with Crippen molar-refractivity contribution in [2.24, 2.45) is 0 Å². The van der Waals surface area contributed by atoms with Crippen molar-refractivity contribution < 1.29 is 9.90 Å². The Morgan fingerprint density at radius 3 is 2.32 bits per heavy atom. The van der Waals surface area contributed by atoms with Crippen LogP contribution in [-0.4, -0.2) is 22.1 Å². The van der Waals surface area contributed by atoms with E-state index in [1.54, 1.807) is 11.3 Å². The highest BCUT2D eigenvalue weighted by atomic mass is 32.1. The predicted octanol–water partition coefficient (Wildman–Crippen LogP) is 4.86. The van der Waals surface area contributed by atoms with Gasteiger partial charge in [-0.2, -0.15) is 0 Å². The Bertz CT molecular complexity index is 514. The number of rotatable bonds is 3. The number of hydrogen-bond donors (Lipinski definition) is 2. The van der Waals surface area contributed by atoms with Crippen LogP contribution in [0.2, 0.25) is 0 Å². The lowest BCUT2D eigenvalue weighted by Crippen LogP contribution is -2.38. The maximum absolute atomic E-state index is 8.36. The topological polar surface area (TPSA) is 62.2 Å². The van der Waals surface area contributed by atoms with Crippen LogP contribution in [0, 0.1) is 0 Å². The molecule has 0 aliphatic carbocycles. The summed E-state index contributed by atoms with van der Waals surface area (Å²) in [4.78, 5) is 13.1. The third-order valence-electron chi connectivity index (χ3n) is 2.62. The standard InChI is InChI=1S/C14H20N2S.C2H6.CH2O2/c1-5-10(16-14(2,3)4)13-15-11-8-6-7-9-12(11)17-13;1-2;2-1-3/h6-10,16H,5H2,1-4H3;1-2H3;1H,(H,2,3). The minimum Gasteiger partial charge on any atom is -0.483 e. The summed E-state index contributed by atoms with van der Waals surface area (Å²) in [5.74, 6) is 0. The van der Waals surface area contributed by atoms with Gasteiger partial charge in [0, 0.05) is 5.54 Å². The second kappa shape index (κ2) is 10.3. The zero-order valence-electron chi connectivity index (χ0n) is 14.4. The fourth-order valence-electron chi connectivity index (χ4n) is 1.90. The summed E-state index contributed by atoms with van der Waals surface area (Å²) >= 11 is 1.80. The minimum absolute atomic E-state index is 0.124. The van der Waals surface area contributed by atoms with Crippen LogP contribution in [0.15, 0.2) is 24.3 Å². The molecule has 1 aromatic heterocycles. The molecule has 22 heavy (non-hydrogen) atoms. The van der Waals surface area contributed by atoms with Gasteiger partial charge in [0.15, 0.2) is 0 Å². The molecule has 1 unspecified atom stereocenters. The van der Waals surface area contributed by atoms with E-state index >= 15 is 0 Å². The highest BCUT2D eigenvalue weighted by molar-refractivity contribution is 7.18. The molecule has 0 bridgehead atoms. The lowest BCUT2D eigenvalue weighted by molar-refractivity contribution is -0.122. The third kappa shape index (κ3) is 7.00. The summed E-state index contributed by atoms with van der Waals surface area (Å²) in [6.07, 6.45) is 1.07. The molecule has 0 fully saturated rings. The molecule has 1 aromatic carbocycles. The first-order valence-corrected chi connectivity index (χ1v) is 8.44. The van der Waals surface area contributed by atoms with Crippen molar-refractivity contribution >= 4 is 28.0 Å². The maximum atomic E-state index is 8.36. The number of para-hydroxylation sites is 1. The molecule has 5 heteroatoms. The van der Waals surface area contributed by atoms with Crippen molar-refractivity contribution in [3.05, 3.63) is 29.3 Å². The Hall–Kier alpha value is -1.46. The molecule has 124 valence electrons. The number of nitrogens with zero attached hydrogens (tertiary/aromatic N) is 1. The Morgan fingerprint density at radius 1 is 1.32 bits per heavy atom. The number of aromatic nitrogens is 1. The Morgan fingerprint density at radius 2 is 1.86 bits per heavy atom. The van der Waals surface area contributed by atoms with Gasteiger partial charge in [-0.15, -0.1) is 11.3 Å². The fourth-order valence-corrected chi connectivity index (χ4v) is 3.00. The van der Waals surface area contributed by atoms with Crippen LogP contribution in [0.4, 0.5) is 0 Å². The zero-order valence-corrected chi connectivity index (χ0v) is 15.2. The average Bonchev–Trinajstić information content (AvgIpc) is 2.90. The smallest absolute Gasteiger partial charge is 0.290 e. The monoisotopic (exact) mass is 324 g/mol. The molecule has 0 spiro atoms. The van der Waals surface area contributed by atoms with E-state index in [0.717, 1.165) is 11.9 Å². The zero-order chi connectivity index (χ0) is 17.2. The summed E-state index contributed by atoms with van der Waals surface area (Å²) in [5, 5.41) is 11.7. The predicted molar refractivity (Wildman–Crippen MR) is 95.6 cm³/mol. The van der Waals surface area contributed by atoms with Crippen LogP contribution in [0.5, 0.6) is 0 Å². The van der Waals surface area contributed by atoms with E-state index in [-0.39, 0.29) is 12.0 Å². The normalized spacial score (nSPS) is 11.7. The van der Waals surface area contributed by atoms with Crippen LogP contribution in [0.1, 0.15) is 59.0 Å². The van der Waals surface area contributed by atoms with Crippen molar-refractivity contribution in [3.63, 3.8) is 0 Å². The van der Waals surface area contributed by atoms with E-state index in [0.29, 0.717) is 6.04 Å². The molecule has 1 heterocycles. The molecule has 0 aliphatic rings. The van der Waals surface area contributed by atoms with Crippen molar-refractivity contribution in [2.45, 2.75) is 59.5 Å². The molecule has 0 aliphatic heterocycles. The first kappa shape index (κ1) is 20.5. The van der Waals surface area contributed by atoms with Gasteiger partial charge in [-0.1, -0.05) is 32.9 Å². The van der Waals surface area contributed by atoms with Gasteiger partial charge in [0.1, 0.15) is 5.01 Å². The highest BCUT2D eigenvalue weighted by Gasteiger charge is 2.20. The van der Waals surface area contributed by atoms with Crippen molar-refractivity contribution in [1.82, 2.24) is 10.3 Å². The van der Waals surface area contributed by atoms with Gasteiger partial charge >= 0.3 is 0 Å². The number of carbonyl (C=O) groups is 1. The van der Waals surface area contributed by atoms with Crippen molar-refractivity contribution in [3.8, 4) is 0 Å².